The van der Waals surface area contributed by atoms with Crippen LogP contribution in [0.5, 0.6) is 0 Å². The molecule has 0 spiro atoms. The van der Waals surface area contributed by atoms with Gasteiger partial charge in [-0.1, -0.05) is 19.8 Å². The Hall–Kier alpha value is -1.11. The fourth-order valence-corrected chi connectivity index (χ4v) is 3.76. The molecule has 0 bridgehead atoms. The highest BCUT2D eigenvalue weighted by molar-refractivity contribution is 5.12. The quantitative estimate of drug-likeness (QED) is 0.868. The summed E-state index contributed by atoms with van der Waals surface area (Å²) < 4.78 is 40.6. The van der Waals surface area contributed by atoms with Gasteiger partial charge in [0.1, 0.15) is 5.82 Å². The molecule has 1 aliphatic heterocycles. The Morgan fingerprint density at radius 3 is 2.71 bits per heavy atom. The van der Waals surface area contributed by atoms with Crippen molar-refractivity contribution < 1.29 is 13.2 Å². The van der Waals surface area contributed by atoms with E-state index in [9.17, 15) is 13.2 Å². The van der Waals surface area contributed by atoms with Gasteiger partial charge in [-0.05, 0) is 25.2 Å². The Labute approximate surface area is 121 Å². The van der Waals surface area contributed by atoms with Gasteiger partial charge in [0.2, 0.25) is 0 Å². The Kier molecular flexibility index (Phi) is 3.50. The molecular formula is C14H21F3N4. The second kappa shape index (κ2) is 4.97. The van der Waals surface area contributed by atoms with E-state index in [0.29, 0.717) is 24.0 Å². The molecule has 1 aromatic heterocycles. The molecule has 2 heterocycles. The molecule has 0 amide bonds. The molecule has 3 rings (SSSR count). The molecule has 0 radical (unpaired) electrons. The average Bonchev–Trinajstić information content (AvgIpc) is 2.80. The van der Waals surface area contributed by atoms with E-state index in [2.05, 4.69) is 17.1 Å². The molecule has 4 nitrogen and oxygen atoms in total. The third-order valence-electron chi connectivity index (χ3n) is 4.89. The smallest absolute Gasteiger partial charge is 0.319 e. The standard InChI is InChI=1S/C14H21F3N4/c1-9-3-2-6-13(18,7-9)12-20-19-11-5-4-10(8-21(11)12)14(15,16)17/h9-10H,2-8,18H2,1H3. The van der Waals surface area contributed by atoms with E-state index in [0.717, 1.165) is 25.7 Å². The summed E-state index contributed by atoms with van der Waals surface area (Å²) in [6.45, 7) is 2.04. The summed E-state index contributed by atoms with van der Waals surface area (Å²) in [7, 11) is 0. The van der Waals surface area contributed by atoms with Crippen LogP contribution in [0.25, 0.3) is 0 Å². The minimum atomic E-state index is -4.17. The van der Waals surface area contributed by atoms with Gasteiger partial charge in [-0.15, -0.1) is 10.2 Å². The second-order valence-electron chi connectivity index (χ2n) is 6.69. The molecule has 1 fully saturated rings. The van der Waals surface area contributed by atoms with Crippen LogP contribution in [0.1, 0.15) is 50.7 Å². The van der Waals surface area contributed by atoms with Crippen molar-refractivity contribution in [3.05, 3.63) is 11.6 Å². The van der Waals surface area contributed by atoms with E-state index >= 15 is 0 Å². The zero-order valence-electron chi connectivity index (χ0n) is 12.2. The number of aryl methyl sites for hydroxylation is 1. The summed E-state index contributed by atoms with van der Waals surface area (Å²) in [5.74, 6) is 0.356. The molecule has 3 unspecified atom stereocenters. The van der Waals surface area contributed by atoms with E-state index in [1.165, 1.54) is 0 Å². The first-order chi connectivity index (χ1) is 9.79. The molecule has 0 aromatic carbocycles. The van der Waals surface area contributed by atoms with Crippen molar-refractivity contribution in [2.24, 2.45) is 17.6 Å². The minimum Gasteiger partial charge on any atom is -0.319 e. The molecule has 2 N–H and O–H groups in total. The van der Waals surface area contributed by atoms with Crippen LogP contribution in [0.3, 0.4) is 0 Å². The number of nitrogens with zero attached hydrogens (tertiary/aromatic N) is 3. The number of halogens is 3. The Balaban J connectivity index is 1.91. The number of nitrogens with two attached hydrogens (primary N) is 1. The summed E-state index contributed by atoms with van der Waals surface area (Å²) in [5, 5.41) is 8.25. The fourth-order valence-electron chi connectivity index (χ4n) is 3.76. The van der Waals surface area contributed by atoms with Crippen LogP contribution in [0, 0.1) is 11.8 Å². The summed E-state index contributed by atoms with van der Waals surface area (Å²) in [4.78, 5) is 0. The third kappa shape index (κ3) is 2.67. The SMILES string of the molecule is CC1CCCC(N)(c2nnc3n2CC(C(F)(F)F)CC3)C1. The number of rotatable bonds is 1. The van der Waals surface area contributed by atoms with Crippen LogP contribution in [-0.4, -0.2) is 20.9 Å². The molecule has 1 saturated carbocycles. The van der Waals surface area contributed by atoms with E-state index in [1.54, 1.807) is 4.57 Å². The molecule has 7 heteroatoms. The maximum Gasteiger partial charge on any atom is 0.393 e. The molecule has 0 saturated heterocycles. The van der Waals surface area contributed by atoms with Crippen molar-refractivity contribution in [2.45, 2.75) is 63.7 Å². The zero-order chi connectivity index (χ0) is 15.3. The molecule has 3 atom stereocenters. The highest BCUT2D eigenvalue weighted by Crippen LogP contribution is 2.40. The number of fused-ring (bicyclic) bond motifs is 1. The van der Waals surface area contributed by atoms with Gasteiger partial charge < -0.3 is 10.3 Å². The summed E-state index contributed by atoms with van der Waals surface area (Å²) in [5.41, 5.74) is 5.86. The largest absolute Gasteiger partial charge is 0.393 e. The molecule has 118 valence electrons. The average molecular weight is 302 g/mol. The zero-order valence-corrected chi connectivity index (χ0v) is 12.2. The maximum atomic E-state index is 13.0. The first kappa shape index (κ1) is 14.8. The van der Waals surface area contributed by atoms with Crippen molar-refractivity contribution in [2.75, 3.05) is 0 Å². The first-order valence-electron chi connectivity index (χ1n) is 7.58. The van der Waals surface area contributed by atoms with E-state index < -0.39 is 17.6 Å². The normalized spacial score (nSPS) is 33.8. The van der Waals surface area contributed by atoms with Crippen LogP contribution in [-0.2, 0) is 18.5 Å². The van der Waals surface area contributed by atoms with Crippen LogP contribution in [0.4, 0.5) is 13.2 Å². The Morgan fingerprint density at radius 2 is 2.05 bits per heavy atom. The lowest BCUT2D eigenvalue weighted by molar-refractivity contribution is -0.182. The number of alkyl halides is 3. The molecule has 1 aliphatic carbocycles. The van der Waals surface area contributed by atoms with Crippen molar-refractivity contribution in [1.82, 2.24) is 14.8 Å². The lowest BCUT2D eigenvalue weighted by Gasteiger charge is -2.37. The van der Waals surface area contributed by atoms with E-state index in [-0.39, 0.29) is 13.0 Å². The van der Waals surface area contributed by atoms with Gasteiger partial charge in [-0.3, -0.25) is 0 Å². The highest BCUT2D eigenvalue weighted by atomic mass is 19.4. The Bertz CT molecular complexity index is 525. The maximum absolute atomic E-state index is 13.0. The highest BCUT2D eigenvalue weighted by Gasteiger charge is 2.45. The lowest BCUT2D eigenvalue weighted by Crippen LogP contribution is -2.44. The van der Waals surface area contributed by atoms with Gasteiger partial charge in [-0.25, -0.2) is 0 Å². The molecule has 21 heavy (non-hydrogen) atoms. The van der Waals surface area contributed by atoms with Crippen LogP contribution in [0.2, 0.25) is 0 Å². The van der Waals surface area contributed by atoms with Crippen molar-refractivity contribution in [3.63, 3.8) is 0 Å². The van der Waals surface area contributed by atoms with Crippen LogP contribution < -0.4 is 5.73 Å². The number of aromatic nitrogens is 3. The minimum absolute atomic E-state index is 0.0888. The molecule has 2 aliphatic rings. The van der Waals surface area contributed by atoms with Gasteiger partial charge in [0.05, 0.1) is 11.5 Å². The summed E-state index contributed by atoms with van der Waals surface area (Å²) in [6, 6.07) is 0. The van der Waals surface area contributed by atoms with Crippen LogP contribution in [0.15, 0.2) is 0 Å². The van der Waals surface area contributed by atoms with Crippen molar-refractivity contribution in [3.8, 4) is 0 Å². The first-order valence-corrected chi connectivity index (χ1v) is 7.58. The third-order valence-corrected chi connectivity index (χ3v) is 4.89. The van der Waals surface area contributed by atoms with Crippen molar-refractivity contribution in [1.29, 1.82) is 0 Å². The fraction of sp³-hybridized carbons (Fsp3) is 0.857. The van der Waals surface area contributed by atoms with Crippen LogP contribution >= 0.6 is 0 Å². The van der Waals surface area contributed by atoms with Crippen molar-refractivity contribution >= 4 is 0 Å². The topological polar surface area (TPSA) is 56.7 Å². The van der Waals surface area contributed by atoms with E-state index in [1.807, 2.05) is 0 Å². The van der Waals surface area contributed by atoms with Gasteiger partial charge in [-0.2, -0.15) is 13.2 Å². The summed E-state index contributed by atoms with van der Waals surface area (Å²) in [6.07, 6.45) is -0.110. The predicted molar refractivity (Wildman–Crippen MR) is 71.4 cm³/mol. The van der Waals surface area contributed by atoms with Gasteiger partial charge in [0.25, 0.3) is 0 Å². The number of hydrogen-bond donors (Lipinski definition) is 1. The lowest BCUT2D eigenvalue weighted by atomic mass is 9.76. The predicted octanol–water partition coefficient (Wildman–Crippen LogP) is 2.77. The second-order valence-corrected chi connectivity index (χ2v) is 6.69. The summed E-state index contributed by atoms with van der Waals surface area (Å²) >= 11 is 0. The van der Waals surface area contributed by atoms with Gasteiger partial charge in [0.15, 0.2) is 5.82 Å². The molecular weight excluding hydrogens is 281 g/mol. The number of hydrogen-bond acceptors (Lipinski definition) is 3. The van der Waals surface area contributed by atoms with Gasteiger partial charge in [0, 0.05) is 13.0 Å². The molecule has 1 aromatic rings. The monoisotopic (exact) mass is 302 g/mol. The van der Waals surface area contributed by atoms with E-state index in [4.69, 9.17) is 5.73 Å². The van der Waals surface area contributed by atoms with Gasteiger partial charge >= 0.3 is 6.18 Å². The Morgan fingerprint density at radius 1 is 1.29 bits per heavy atom.